The maximum absolute atomic E-state index is 15.0. The molecule has 6 atom stereocenters. The summed E-state index contributed by atoms with van der Waals surface area (Å²) in [5.41, 5.74) is 2.99. The number of carbonyl (C=O) groups excluding carboxylic acids is 1. The number of nitrogens with one attached hydrogen (secondary N) is 1. The Labute approximate surface area is 337 Å². The lowest BCUT2D eigenvalue weighted by atomic mass is 9.55. The molecule has 2 aromatic carbocycles. The predicted molar refractivity (Wildman–Crippen MR) is 219 cm³/mol. The number of hydrogen-bond donors (Lipinski definition) is 3. The zero-order chi connectivity index (χ0) is 40.6. The van der Waals surface area contributed by atoms with Gasteiger partial charge < -0.3 is 34.6 Å². The van der Waals surface area contributed by atoms with Gasteiger partial charge in [0.05, 0.1) is 29.2 Å². The minimum atomic E-state index is -4.19. The average Bonchev–Trinajstić information content (AvgIpc) is 4.03. The molecular weight excluding hydrogens is 749 g/mol. The van der Waals surface area contributed by atoms with Crippen LogP contribution in [0.3, 0.4) is 0 Å². The van der Waals surface area contributed by atoms with Crippen molar-refractivity contribution in [3.05, 3.63) is 72.3 Å². The van der Waals surface area contributed by atoms with Gasteiger partial charge in [0, 0.05) is 69.9 Å². The number of sulfonamides is 1. The fraction of sp³-hybridized carbons (Fsp3) is 0.581. The molecule has 2 fully saturated rings. The number of fused-ring (bicyclic) bond motifs is 2. The maximum Gasteiger partial charge on any atom is 0.243 e. The van der Waals surface area contributed by atoms with E-state index in [1.54, 1.807) is 18.2 Å². The third-order valence-corrected chi connectivity index (χ3v) is 13.6. The van der Waals surface area contributed by atoms with Gasteiger partial charge in [-0.1, -0.05) is 37.1 Å². The summed E-state index contributed by atoms with van der Waals surface area (Å²) in [6.07, 6.45) is 9.16. The SMILES string of the molecule is C=CCOC12Oc3ccc(OCCN4CC4)cc3C3C(CCCCO)C(CCCCO)C=C(C(=NOC)CC1N(CCC)S(=O)(=O)c1ccc(NC(C)=O)cc1)C32. The summed E-state index contributed by atoms with van der Waals surface area (Å²) in [6, 6.07) is 11.2. The van der Waals surface area contributed by atoms with Crippen LogP contribution in [0, 0.1) is 17.8 Å². The zero-order valence-electron chi connectivity index (χ0n) is 33.6. The molecule has 0 aromatic heterocycles. The molecule has 1 saturated carbocycles. The fourth-order valence-corrected chi connectivity index (χ4v) is 10.9. The van der Waals surface area contributed by atoms with Crippen molar-refractivity contribution in [1.82, 2.24) is 9.21 Å². The summed E-state index contributed by atoms with van der Waals surface area (Å²) < 4.78 is 52.0. The first-order valence-corrected chi connectivity index (χ1v) is 21.9. The van der Waals surface area contributed by atoms with Gasteiger partial charge in [0.2, 0.25) is 21.7 Å². The second kappa shape index (κ2) is 19.3. The number of rotatable bonds is 22. The van der Waals surface area contributed by atoms with Crippen molar-refractivity contribution in [3.8, 4) is 11.5 Å². The van der Waals surface area contributed by atoms with Crippen LogP contribution in [-0.2, 0) is 24.4 Å². The van der Waals surface area contributed by atoms with E-state index < -0.39 is 27.8 Å². The third-order valence-electron chi connectivity index (χ3n) is 11.6. The molecule has 1 amide bonds. The first kappa shape index (κ1) is 42.8. The van der Waals surface area contributed by atoms with Gasteiger partial charge in [-0.25, -0.2) is 8.42 Å². The monoisotopic (exact) mass is 808 g/mol. The van der Waals surface area contributed by atoms with E-state index in [1.807, 2.05) is 19.1 Å². The highest BCUT2D eigenvalue weighted by Crippen LogP contribution is 2.62. The van der Waals surface area contributed by atoms with Crippen molar-refractivity contribution in [2.75, 3.05) is 65.0 Å². The van der Waals surface area contributed by atoms with Crippen LogP contribution in [0.1, 0.15) is 76.7 Å². The van der Waals surface area contributed by atoms with Crippen LogP contribution in [0.5, 0.6) is 11.5 Å². The quantitative estimate of drug-likeness (QED) is 0.0583. The number of unbranched alkanes of at least 4 members (excludes halogenated alkanes) is 2. The van der Waals surface area contributed by atoms with Crippen LogP contribution < -0.4 is 14.8 Å². The first-order valence-electron chi connectivity index (χ1n) is 20.5. The molecule has 6 rings (SSSR count). The molecule has 0 spiro atoms. The van der Waals surface area contributed by atoms with Crippen LogP contribution in [0.15, 0.2) is 76.8 Å². The molecule has 2 aromatic rings. The number of amides is 1. The minimum absolute atomic E-state index is 0.0475. The lowest BCUT2D eigenvalue weighted by Gasteiger charge is -2.59. The number of hydrogen-bond acceptors (Lipinski definition) is 11. The number of allylic oxidation sites excluding steroid dienone is 1. The molecule has 1 saturated heterocycles. The molecule has 4 aliphatic rings. The highest BCUT2D eigenvalue weighted by molar-refractivity contribution is 7.89. The van der Waals surface area contributed by atoms with E-state index in [0.717, 1.165) is 62.2 Å². The van der Waals surface area contributed by atoms with E-state index in [4.69, 9.17) is 19.0 Å². The highest BCUT2D eigenvalue weighted by atomic mass is 32.2. The van der Waals surface area contributed by atoms with E-state index in [1.165, 1.54) is 30.5 Å². The van der Waals surface area contributed by atoms with Crippen LogP contribution in [0.25, 0.3) is 0 Å². The van der Waals surface area contributed by atoms with E-state index in [-0.39, 0.29) is 61.3 Å². The van der Waals surface area contributed by atoms with Gasteiger partial charge in [-0.3, -0.25) is 9.69 Å². The van der Waals surface area contributed by atoms with Gasteiger partial charge >= 0.3 is 0 Å². The normalized spacial score (nSPS) is 25.9. The molecule has 2 aliphatic carbocycles. The van der Waals surface area contributed by atoms with Crippen LogP contribution >= 0.6 is 0 Å². The molecular formula is C43H60N4O9S. The Balaban J connectivity index is 1.55. The number of oxime groups is 1. The number of nitrogens with zero attached hydrogens (tertiary/aromatic N) is 3. The molecule has 57 heavy (non-hydrogen) atoms. The highest BCUT2D eigenvalue weighted by Gasteiger charge is 2.66. The molecule has 2 aliphatic heterocycles. The van der Waals surface area contributed by atoms with Crippen molar-refractivity contribution in [1.29, 1.82) is 0 Å². The second-order valence-corrected chi connectivity index (χ2v) is 17.4. The molecule has 0 radical (unpaired) electrons. The summed E-state index contributed by atoms with van der Waals surface area (Å²) >= 11 is 0. The van der Waals surface area contributed by atoms with Gasteiger partial charge in [-0.15, -0.1) is 6.58 Å². The number of ether oxygens (including phenoxy) is 3. The summed E-state index contributed by atoms with van der Waals surface area (Å²) in [5, 5.41) is 27.0. The number of carbonyl (C=O) groups is 1. The topological polar surface area (TPSA) is 159 Å². The molecule has 0 bridgehead atoms. The van der Waals surface area contributed by atoms with Crippen molar-refractivity contribution in [3.63, 3.8) is 0 Å². The zero-order valence-corrected chi connectivity index (χ0v) is 34.4. The van der Waals surface area contributed by atoms with Crippen molar-refractivity contribution in [2.24, 2.45) is 22.9 Å². The van der Waals surface area contributed by atoms with Crippen molar-refractivity contribution < 1.29 is 42.5 Å². The molecule has 14 heteroatoms. The average molecular weight is 809 g/mol. The smallest absolute Gasteiger partial charge is 0.243 e. The lowest BCUT2D eigenvalue weighted by Crippen LogP contribution is -2.70. The van der Waals surface area contributed by atoms with Crippen LogP contribution in [-0.4, -0.2) is 111 Å². The Bertz CT molecular complexity index is 1870. The second-order valence-electron chi connectivity index (χ2n) is 15.5. The summed E-state index contributed by atoms with van der Waals surface area (Å²) in [4.78, 5) is 19.7. The lowest BCUT2D eigenvalue weighted by molar-refractivity contribution is -0.251. The Morgan fingerprint density at radius 2 is 1.84 bits per heavy atom. The predicted octanol–water partition coefficient (Wildman–Crippen LogP) is 5.70. The fourth-order valence-electron chi connectivity index (χ4n) is 9.12. The van der Waals surface area contributed by atoms with Gasteiger partial charge in [-0.2, -0.15) is 4.31 Å². The molecule has 13 nitrogen and oxygen atoms in total. The van der Waals surface area contributed by atoms with Gasteiger partial charge in [0.25, 0.3) is 0 Å². The first-order chi connectivity index (χ1) is 27.6. The number of benzene rings is 2. The minimum Gasteiger partial charge on any atom is -0.492 e. The third kappa shape index (κ3) is 9.42. The molecule has 6 unspecified atom stereocenters. The molecule has 2 heterocycles. The summed E-state index contributed by atoms with van der Waals surface area (Å²) in [7, 11) is -2.69. The Hall–Kier alpha value is -3.79. The van der Waals surface area contributed by atoms with Gasteiger partial charge in [0.15, 0.2) is 0 Å². The van der Waals surface area contributed by atoms with Crippen LogP contribution in [0.4, 0.5) is 5.69 Å². The number of anilines is 1. The van der Waals surface area contributed by atoms with E-state index >= 15 is 0 Å². The summed E-state index contributed by atoms with van der Waals surface area (Å²) in [6.45, 7) is 11.3. The van der Waals surface area contributed by atoms with E-state index in [2.05, 4.69) is 34.1 Å². The molecule has 3 N–H and O–H groups in total. The Kier molecular flexibility index (Phi) is 14.5. The van der Waals surface area contributed by atoms with Crippen molar-refractivity contribution >= 4 is 27.3 Å². The number of aliphatic hydroxyl groups excluding tert-OH is 2. The Morgan fingerprint density at radius 3 is 2.49 bits per heavy atom. The Morgan fingerprint density at radius 1 is 1.11 bits per heavy atom. The van der Waals surface area contributed by atoms with E-state index in [0.29, 0.717) is 43.0 Å². The maximum atomic E-state index is 15.0. The summed E-state index contributed by atoms with van der Waals surface area (Å²) in [5.74, 6) is -1.05. The standard InChI is InChI=1S/C43H60N4O9S/c1-5-19-47(57(51,52)34-16-13-32(14-17-34)44-30(3)50)40-29-38(45-53-4)36-27-31(11-7-9-23-48)35(12-8-10-24-49)41-37-28-33(54-26-22-46-20-21-46)15-18-39(37)56-43(40,42(36)41)55-25-6-2/h6,13-18,27-28,31,35,40-42,48-49H,2,5,7-12,19-26,29H2,1,3-4H3,(H,44,50). The van der Waals surface area contributed by atoms with Gasteiger partial charge in [0.1, 0.15) is 25.2 Å². The largest absolute Gasteiger partial charge is 0.492 e. The number of aliphatic hydroxyl groups is 2. The van der Waals surface area contributed by atoms with E-state index in [9.17, 15) is 23.4 Å². The van der Waals surface area contributed by atoms with Crippen molar-refractivity contribution in [2.45, 2.75) is 87.9 Å². The molecule has 312 valence electrons. The van der Waals surface area contributed by atoms with Crippen LogP contribution in [0.2, 0.25) is 0 Å². The van der Waals surface area contributed by atoms with Gasteiger partial charge in [-0.05, 0) is 92.0 Å².